The van der Waals surface area contributed by atoms with Crippen molar-refractivity contribution >= 4 is 27.6 Å². The molecule has 0 aliphatic rings. The number of esters is 1. The first-order chi connectivity index (χ1) is 13.5. The summed E-state index contributed by atoms with van der Waals surface area (Å²) >= 11 is 0. The topological polar surface area (TPSA) is 102 Å². The molecule has 0 heterocycles. The van der Waals surface area contributed by atoms with Gasteiger partial charge in [-0.15, -0.1) is 0 Å². The smallest absolute Gasteiger partial charge is 0.321 e. The van der Waals surface area contributed by atoms with E-state index in [2.05, 4.69) is 10.1 Å². The Hall–Kier alpha value is -2.92. The van der Waals surface area contributed by atoms with Gasteiger partial charge in [0.15, 0.2) is 24.1 Å². The van der Waals surface area contributed by atoms with Crippen LogP contribution in [0.2, 0.25) is 0 Å². The second kappa shape index (κ2) is 9.05. The van der Waals surface area contributed by atoms with Crippen molar-refractivity contribution in [3.05, 3.63) is 58.9 Å². The maximum Gasteiger partial charge on any atom is 0.321 e. The van der Waals surface area contributed by atoms with Gasteiger partial charge in [-0.1, -0.05) is 12.1 Å². The van der Waals surface area contributed by atoms with E-state index in [0.717, 1.165) is 11.1 Å². The van der Waals surface area contributed by atoms with E-state index < -0.39 is 57.4 Å². The number of rotatable bonds is 7. The third-order valence-corrected chi connectivity index (χ3v) is 5.15. The number of anilines is 1. The minimum atomic E-state index is -4.66. The van der Waals surface area contributed by atoms with Crippen molar-refractivity contribution in [2.75, 3.05) is 18.5 Å². The molecule has 0 fully saturated rings. The molecule has 0 saturated carbocycles. The molecule has 1 amide bonds. The Kier molecular flexibility index (Phi) is 6.98. The molecule has 156 valence electrons. The molecule has 7 nitrogen and oxygen atoms in total. The lowest BCUT2D eigenvalue weighted by Gasteiger charge is -2.10. The van der Waals surface area contributed by atoms with Crippen LogP contribution in [0.4, 0.5) is 18.9 Å². The van der Waals surface area contributed by atoms with Gasteiger partial charge >= 0.3 is 5.97 Å². The number of benzene rings is 2. The maximum atomic E-state index is 13.6. The molecule has 0 unspecified atom stereocenters. The molecule has 0 aromatic heterocycles. The zero-order chi connectivity index (χ0) is 21.8. The minimum absolute atomic E-state index is 0.433. The van der Waals surface area contributed by atoms with Crippen LogP contribution >= 0.6 is 0 Å². The fourth-order valence-electron chi connectivity index (χ4n) is 2.20. The van der Waals surface area contributed by atoms with Gasteiger partial charge in [0, 0.05) is 5.69 Å². The molecule has 0 aliphatic heterocycles. The number of sulfonamides is 1. The van der Waals surface area contributed by atoms with E-state index >= 15 is 0 Å². The van der Waals surface area contributed by atoms with Crippen molar-refractivity contribution in [2.24, 2.45) is 0 Å². The molecular formula is C18H17F3N2O5S. The molecule has 0 atom stereocenters. The van der Waals surface area contributed by atoms with Gasteiger partial charge in [0.05, 0.1) is 0 Å². The van der Waals surface area contributed by atoms with Crippen molar-refractivity contribution in [1.29, 1.82) is 0 Å². The minimum Gasteiger partial charge on any atom is -0.455 e. The molecule has 0 bridgehead atoms. The number of carbonyl (C=O) groups is 2. The molecule has 2 N–H and O–H groups in total. The molecule has 0 aliphatic carbocycles. The maximum absolute atomic E-state index is 13.6. The summed E-state index contributed by atoms with van der Waals surface area (Å²) in [7, 11) is -4.66. The Bertz CT molecular complexity index is 1060. The zero-order valence-electron chi connectivity index (χ0n) is 15.4. The average molecular weight is 430 g/mol. The van der Waals surface area contributed by atoms with Crippen molar-refractivity contribution in [3.8, 4) is 0 Å². The summed E-state index contributed by atoms with van der Waals surface area (Å²) in [5.41, 5.74) is 2.22. The molecule has 0 radical (unpaired) electrons. The van der Waals surface area contributed by atoms with E-state index in [1.807, 2.05) is 13.0 Å². The highest BCUT2D eigenvalue weighted by Gasteiger charge is 2.24. The summed E-state index contributed by atoms with van der Waals surface area (Å²) in [5, 5.41) is 2.54. The largest absolute Gasteiger partial charge is 0.455 e. The fourth-order valence-corrected chi connectivity index (χ4v) is 3.24. The van der Waals surface area contributed by atoms with Crippen LogP contribution in [0.25, 0.3) is 0 Å². The van der Waals surface area contributed by atoms with Gasteiger partial charge < -0.3 is 10.1 Å². The van der Waals surface area contributed by atoms with Gasteiger partial charge in [0.25, 0.3) is 5.91 Å². The van der Waals surface area contributed by atoms with Gasteiger partial charge in [0.2, 0.25) is 10.0 Å². The van der Waals surface area contributed by atoms with Crippen LogP contribution in [0.5, 0.6) is 0 Å². The predicted molar refractivity (Wildman–Crippen MR) is 97.0 cm³/mol. The van der Waals surface area contributed by atoms with Gasteiger partial charge in [-0.25, -0.2) is 21.6 Å². The average Bonchev–Trinajstić information content (AvgIpc) is 2.65. The summed E-state index contributed by atoms with van der Waals surface area (Å²) in [4.78, 5) is 22.3. The van der Waals surface area contributed by atoms with Crippen LogP contribution in [0.3, 0.4) is 0 Å². The van der Waals surface area contributed by atoms with E-state index in [4.69, 9.17) is 0 Å². The van der Waals surface area contributed by atoms with Crippen LogP contribution in [0.15, 0.2) is 35.2 Å². The lowest BCUT2D eigenvalue weighted by molar-refractivity contribution is -0.146. The lowest BCUT2D eigenvalue weighted by Crippen LogP contribution is -2.33. The van der Waals surface area contributed by atoms with Gasteiger partial charge in [-0.05, 0) is 43.2 Å². The molecular weight excluding hydrogens is 413 g/mol. The summed E-state index contributed by atoms with van der Waals surface area (Å²) in [6.45, 7) is 1.97. The summed E-state index contributed by atoms with van der Waals surface area (Å²) < 4.78 is 69.9. The first kappa shape index (κ1) is 22.4. The molecule has 0 saturated heterocycles. The molecule has 2 aromatic carbocycles. The summed E-state index contributed by atoms with van der Waals surface area (Å²) in [6.07, 6.45) is 0. The lowest BCUT2D eigenvalue weighted by atomic mass is 10.1. The molecule has 0 spiro atoms. The normalized spacial score (nSPS) is 11.2. The van der Waals surface area contributed by atoms with Crippen molar-refractivity contribution in [2.45, 2.75) is 18.7 Å². The number of ether oxygens (including phenoxy) is 1. The highest BCUT2D eigenvalue weighted by molar-refractivity contribution is 7.89. The second-order valence-corrected chi connectivity index (χ2v) is 7.76. The number of carbonyl (C=O) groups excluding carboxylic acids is 2. The van der Waals surface area contributed by atoms with Gasteiger partial charge in [-0.3, -0.25) is 9.59 Å². The van der Waals surface area contributed by atoms with Crippen molar-refractivity contribution in [3.63, 3.8) is 0 Å². The number of aryl methyl sites for hydroxylation is 2. The highest BCUT2D eigenvalue weighted by Crippen LogP contribution is 2.19. The van der Waals surface area contributed by atoms with Crippen LogP contribution in [-0.4, -0.2) is 33.4 Å². The Morgan fingerprint density at radius 1 is 1.03 bits per heavy atom. The first-order valence-corrected chi connectivity index (χ1v) is 9.65. The molecule has 29 heavy (non-hydrogen) atoms. The van der Waals surface area contributed by atoms with Crippen LogP contribution in [-0.2, 0) is 24.3 Å². The standard InChI is InChI=1S/C18H17F3N2O5S/c1-10-3-4-11(2)13(7-10)23-15(24)9-28-16(25)8-22-29(26,27)14-6-5-12(19)17(20)18(14)21/h3-7,22H,8-9H2,1-2H3,(H,23,24). The van der Waals surface area contributed by atoms with Crippen molar-refractivity contribution in [1.82, 2.24) is 4.72 Å². The monoisotopic (exact) mass is 430 g/mol. The third kappa shape index (κ3) is 5.78. The second-order valence-electron chi connectivity index (χ2n) is 6.03. The van der Waals surface area contributed by atoms with Crippen LogP contribution in [0, 0.1) is 31.3 Å². The quantitative estimate of drug-likeness (QED) is 0.518. The number of nitrogens with one attached hydrogen (secondary N) is 2. The first-order valence-electron chi connectivity index (χ1n) is 8.17. The van der Waals surface area contributed by atoms with Crippen LogP contribution < -0.4 is 10.0 Å². The Morgan fingerprint density at radius 2 is 1.72 bits per heavy atom. The summed E-state index contributed by atoms with van der Waals surface area (Å²) in [6, 6.07) is 6.32. The van der Waals surface area contributed by atoms with E-state index in [-0.39, 0.29) is 0 Å². The van der Waals surface area contributed by atoms with E-state index in [0.29, 0.717) is 17.8 Å². The number of halogens is 3. The predicted octanol–water partition coefficient (Wildman–Crippen LogP) is 2.18. The van der Waals surface area contributed by atoms with Crippen molar-refractivity contribution < 1.29 is 35.9 Å². The zero-order valence-corrected chi connectivity index (χ0v) is 16.2. The van der Waals surface area contributed by atoms with E-state index in [9.17, 15) is 31.2 Å². The SMILES string of the molecule is Cc1ccc(C)c(NC(=O)COC(=O)CNS(=O)(=O)c2ccc(F)c(F)c2F)c1. The number of hydrogen-bond donors (Lipinski definition) is 2. The number of amides is 1. The highest BCUT2D eigenvalue weighted by atomic mass is 32.2. The molecule has 2 rings (SSSR count). The Balaban J connectivity index is 1.90. The summed E-state index contributed by atoms with van der Waals surface area (Å²) in [5.74, 6) is -7.22. The van der Waals surface area contributed by atoms with Gasteiger partial charge in [-0.2, -0.15) is 4.72 Å². The Labute approximate surface area is 164 Å². The third-order valence-electron chi connectivity index (χ3n) is 3.73. The van der Waals surface area contributed by atoms with E-state index in [1.54, 1.807) is 23.8 Å². The fraction of sp³-hybridized carbons (Fsp3) is 0.222. The Morgan fingerprint density at radius 3 is 2.41 bits per heavy atom. The molecule has 2 aromatic rings. The van der Waals surface area contributed by atoms with Gasteiger partial charge in [0.1, 0.15) is 11.4 Å². The number of hydrogen-bond acceptors (Lipinski definition) is 5. The van der Waals surface area contributed by atoms with E-state index in [1.165, 1.54) is 0 Å². The van der Waals surface area contributed by atoms with Crippen LogP contribution in [0.1, 0.15) is 11.1 Å². The molecule has 11 heteroatoms.